The SMILES string of the molecule is CCC(O)(CC)CN1CCC[C@H]1CO. The highest BCUT2D eigenvalue weighted by atomic mass is 16.3. The van der Waals surface area contributed by atoms with Crippen LogP contribution in [0.5, 0.6) is 0 Å². The molecular weight excluding hydrogens is 178 g/mol. The topological polar surface area (TPSA) is 43.7 Å². The van der Waals surface area contributed by atoms with Gasteiger partial charge in [0.1, 0.15) is 0 Å². The van der Waals surface area contributed by atoms with Crippen molar-refractivity contribution in [1.82, 2.24) is 4.90 Å². The van der Waals surface area contributed by atoms with Crippen LogP contribution in [0.2, 0.25) is 0 Å². The molecule has 0 spiro atoms. The van der Waals surface area contributed by atoms with Gasteiger partial charge < -0.3 is 10.2 Å². The number of likely N-dealkylation sites (tertiary alicyclic amines) is 1. The van der Waals surface area contributed by atoms with Gasteiger partial charge >= 0.3 is 0 Å². The van der Waals surface area contributed by atoms with Gasteiger partial charge in [-0.3, -0.25) is 4.90 Å². The van der Waals surface area contributed by atoms with Crippen LogP contribution in [-0.2, 0) is 0 Å². The lowest BCUT2D eigenvalue weighted by Crippen LogP contribution is -2.45. The number of aliphatic hydroxyl groups excluding tert-OH is 1. The quantitative estimate of drug-likeness (QED) is 0.697. The van der Waals surface area contributed by atoms with E-state index in [9.17, 15) is 5.11 Å². The van der Waals surface area contributed by atoms with Crippen LogP contribution in [0.4, 0.5) is 0 Å². The van der Waals surface area contributed by atoms with Gasteiger partial charge in [0.25, 0.3) is 0 Å². The number of hydrogen-bond donors (Lipinski definition) is 2. The van der Waals surface area contributed by atoms with Crippen LogP contribution in [0.15, 0.2) is 0 Å². The maximum Gasteiger partial charge on any atom is 0.0769 e. The molecule has 0 aromatic rings. The number of hydrogen-bond acceptors (Lipinski definition) is 3. The van der Waals surface area contributed by atoms with Crippen molar-refractivity contribution in [3.8, 4) is 0 Å². The molecule has 0 radical (unpaired) electrons. The Morgan fingerprint density at radius 1 is 1.36 bits per heavy atom. The Labute approximate surface area is 86.7 Å². The smallest absolute Gasteiger partial charge is 0.0769 e. The lowest BCUT2D eigenvalue weighted by atomic mass is 9.96. The van der Waals surface area contributed by atoms with Crippen molar-refractivity contribution in [2.24, 2.45) is 0 Å². The molecule has 1 aliphatic rings. The number of nitrogens with zero attached hydrogens (tertiary/aromatic N) is 1. The highest BCUT2D eigenvalue weighted by Crippen LogP contribution is 2.23. The van der Waals surface area contributed by atoms with Crippen LogP contribution >= 0.6 is 0 Å². The minimum absolute atomic E-state index is 0.226. The van der Waals surface area contributed by atoms with E-state index >= 15 is 0 Å². The molecule has 0 aliphatic carbocycles. The van der Waals surface area contributed by atoms with Gasteiger partial charge in [0, 0.05) is 12.6 Å². The Morgan fingerprint density at radius 2 is 2.00 bits per heavy atom. The Balaban J connectivity index is 2.49. The first-order chi connectivity index (χ1) is 6.65. The molecule has 0 saturated carbocycles. The molecule has 14 heavy (non-hydrogen) atoms. The van der Waals surface area contributed by atoms with Crippen molar-refractivity contribution < 1.29 is 10.2 Å². The van der Waals surface area contributed by atoms with E-state index in [1.54, 1.807) is 0 Å². The second-order valence-corrected chi connectivity index (χ2v) is 4.38. The normalized spacial score (nSPS) is 24.4. The maximum atomic E-state index is 10.2. The molecule has 1 aliphatic heterocycles. The van der Waals surface area contributed by atoms with Gasteiger partial charge in [0.05, 0.1) is 12.2 Å². The minimum Gasteiger partial charge on any atom is -0.395 e. The van der Waals surface area contributed by atoms with Gasteiger partial charge in [-0.1, -0.05) is 13.8 Å². The van der Waals surface area contributed by atoms with E-state index in [-0.39, 0.29) is 12.6 Å². The van der Waals surface area contributed by atoms with Crippen molar-refractivity contribution in [3.05, 3.63) is 0 Å². The molecule has 0 aromatic heterocycles. The van der Waals surface area contributed by atoms with E-state index < -0.39 is 5.60 Å². The Kier molecular flexibility index (Phi) is 4.35. The van der Waals surface area contributed by atoms with Gasteiger partial charge in [-0.2, -0.15) is 0 Å². The fourth-order valence-corrected chi connectivity index (χ4v) is 2.16. The lowest BCUT2D eigenvalue weighted by molar-refractivity contribution is -0.0120. The summed E-state index contributed by atoms with van der Waals surface area (Å²) < 4.78 is 0. The molecule has 1 rings (SSSR count). The highest BCUT2D eigenvalue weighted by molar-refractivity contribution is 4.86. The molecular formula is C11H23NO2. The Hall–Kier alpha value is -0.120. The van der Waals surface area contributed by atoms with E-state index in [1.807, 2.05) is 13.8 Å². The van der Waals surface area contributed by atoms with Gasteiger partial charge in [-0.25, -0.2) is 0 Å². The summed E-state index contributed by atoms with van der Waals surface area (Å²) in [7, 11) is 0. The summed E-state index contributed by atoms with van der Waals surface area (Å²) in [6, 6.07) is 0.277. The van der Waals surface area contributed by atoms with Crippen molar-refractivity contribution in [2.45, 2.75) is 51.2 Å². The van der Waals surface area contributed by atoms with Crippen LogP contribution < -0.4 is 0 Å². The van der Waals surface area contributed by atoms with E-state index in [1.165, 1.54) is 0 Å². The summed E-state index contributed by atoms with van der Waals surface area (Å²) in [5.41, 5.74) is -0.558. The molecule has 1 saturated heterocycles. The molecule has 2 N–H and O–H groups in total. The average molecular weight is 201 g/mol. The summed E-state index contributed by atoms with van der Waals surface area (Å²) in [5.74, 6) is 0. The zero-order valence-corrected chi connectivity index (χ0v) is 9.37. The van der Waals surface area contributed by atoms with Crippen LogP contribution in [-0.4, -0.2) is 46.5 Å². The first-order valence-electron chi connectivity index (χ1n) is 5.72. The monoisotopic (exact) mass is 201 g/mol. The van der Waals surface area contributed by atoms with Gasteiger partial charge in [0.15, 0.2) is 0 Å². The summed E-state index contributed by atoms with van der Waals surface area (Å²) in [4.78, 5) is 2.23. The van der Waals surface area contributed by atoms with E-state index in [4.69, 9.17) is 5.11 Å². The molecule has 3 nitrogen and oxygen atoms in total. The molecule has 0 aromatic carbocycles. The van der Waals surface area contributed by atoms with Crippen LogP contribution in [0.3, 0.4) is 0 Å². The van der Waals surface area contributed by atoms with Crippen molar-refractivity contribution in [1.29, 1.82) is 0 Å². The zero-order valence-electron chi connectivity index (χ0n) is 9.37. The molecule has 1 atom stereocenters. The second-order valence-electron chi connectivity index (χ2n) is 4.38. The summed E-state index contributed by atoms with van der Waals surface area (Å²) >= 11 is 0. The standard InChI is InChI=1S/C11H23NO2/c1-3-11(14,4-2)9-12-7-5-6-10(12)8-13/h10,13-14H,3-9H2,1-2H3/t10-/m0/s1. The molecule has 0 unspecified atom stereocenters. The predicted molar refractivity (Wildman–Crippen MR) is 57.2 cm³/mol. The van der Waals surface area contributed by atoms with Crippen molar-refractivity contribution in [2.75, 3.05) is 19.7 Å². The molecule has 84 valence electrons. The summed E-state index contributed by atoms with van der Waals surface area (Å²) in [5, 5.41) is 19.3. The Bertz CT molecular complexity index is 169. The molecule has 0 bridgehead atoms. The van der Waals surface area contributed by atoms with E-state index in [0.717, 1.165) is 32.2 Å². The summed E-state index contributed by atoms with van der Waals surface area (Å²) in [6.07, 6.45) is 3.80. The van der Waals surface area contributed by atoms with Gasteiger partial charge in [0.2, 0.25) is 0 Å². The highest BCUT2D eigenvalue weighted by Gasteiger charge is 2.31. The fraction of sp³-hybridized carbons (Fsp3) is 1.00. The maximum absolute atomic E-state index is 10.2. The third-order valence-corrected chi connectivity index (χ3v) is 3.52. The third-order valence-electron chi connectivity index (χ3n) is 3.52. The molecule has 1 fully saturated rings. The molecule has 1 heterocycles. The molecule has 0 amide bonds. The number of aliphatic hydroxyl groups is 2. The first-order valence-corrected chi connectivity index (χ1v) is 5.72. The zero-order chi connectivity index (χ0) is 10.6. The molecule has 3 heteroatoms. The first kappa shape index (κ1) is 12.0. The van der Waals surface area contributed by atoms with Crippen LogP contribution in [0.1, 0.15) is 39.5 Å². The lowest BCUT2D eigenvalue weighted by Gasteiger charge is -2.33. The average Bonchev–Trinajstić information content (AvgIpc) is 2.65. The van der Waals surface area contributed by atoms with Gasteiger partial charge in [-0.05, 0) is 32.2 Å². The van der Waals surface area contributed by atoms with Crippen molar-refractivity contribution >= 4 is 0 Å². The van der Waals surface area contributed by atoms with Gasteiger partial charge in [-0.15, -0.1) is 0 Å². The third kappa shape index (κ3) is 2.69. The number of rotatable bonds is 5. The van der Waals surface area contributed by atoms with E-state index in [2.05, 4.69) is 4.90 Å². The fourth-order valence-electron chi connectivity index (χ4n) is 2.16. The largest absolute Gasteiger partial charge is 0.395 e. The number of β-amino-alcohol motifs (C(OH)–C–C–N with tert-alkyl or cyclic N) is 1. The minimum atomic E-state index is -0.558. The van der Waals surface area contributed by atoms with Crippen LogP contribution in [0, 0.1) is 0 Å². The second kappa shape index (κ2) is 5.10. The summed E-state index contributed by atoms with van der Waals surface area (Å²) in [6.45, 7) is 6.00. The van der Waals surface area contributed by atoms with Crippen molar-refractivity contribution in [3.63, 3.8) is 0 Å². The van der Waals surface area contributed by atoms with Crippen LogP contribution in [0.25, 0.3) is 0 Å². The Morgan fingerprint density at radius 3 is 2.50 bits per heavy atom. The predicted octanol–water partition coefficient (Wildman–Crippen LogP) is 0.994. The van der Waals surface area contributed by atoms with E-state index in [0.29, 0.717) is 6.54 Å².